The number of hydrogen-bond acceptors (Lipinski definition) is 6. The first-order chi connectivity index (χ1) is 19.2. The molecule has 210 valence electrons. The molecule has 0 radical (unpaired) electrons. The van der Waals surface area contributed by atoms with E-state index in [0.29, 0.717) is 23.6 Å². The van der Waals surface area contributed by atoms with E-state index in [4.69, 9.17) is 13.9 Å². The van der Waals surface area contributed by atoms with Gasteiger partial charge in [0, 0.05) is 11.3 Å². The second kappa shape index (κ2) is 12.5. The lowest BCUT2D eigenvalue weighted by atomic mass is 10.1. The molecule has 0 aliphatic carbocycles. The number of aryl methyl sites for hydroxylation is 2. The number of amides is 1. The summed E-state index contributed by atoms with van der Waals surface area (Å²) in [5.74, 6) is 0.991. The summed E-state index contributed by atoms with van der Waals surface area (Å²) in [5, 5.41) is 7.52. The summed E-state index contributed by atoms with van der Waals surface area (Å²) < 4.78 is 56.7. The normalized spacial score (nSPS) is 11.7. The lowest BCUT2D eigenvalue weighted by molar-refractivity contribution is -0.141. The van der Waals surface area contributed by atoms with Gasteiger partial charge in [0.15, 0.2) is 11.5 Å². The van der Waals surface area contributed by atoms with Gasteiger partial charge in [-0.1, -0.05) is 37.6 Å². The number of carbonyl (C=O) groups excluding carboxylic acids is 1. The van der Waals surface area contributed by atoms with E-state index in [9.17, 15) is 18.0 Å². The molecule has 0 unspecified atom stereocenters. The molecule has 0 aliphatic rings. The van der Waals surface area contributed by atoms with Crippen LogP contribution in [0.4, 0.5) is 13.2 Å². The zero-order chi connectivity index (χ0) is 28.7. The second-order valence-corrected chi connectivity index (χ2v) is 9.05. The van der Waals surface area contributed by atoms with Crippen LogP contribution in [0.15, 0.2) is 70.2 Å². The highest BCUT2D eigenvalue weighted by Crippen LogP contribution is 2.28. The molecule has 40 heavy (non-hydrogen) atoms. The summed E-state index contributed by atoms with van der Waals surface area (Å²) in [6.07, 6.45) is -0.972. The van der Waals surface area contributed by atoms with Crippen molar-refractivity contribution >= 4 is 12.1 Å². The minimum Gasteiger partial charge on any atom is -0.496 e. The van der Waals surface area contributed by atoms with Gasteiger partial charge in [0.1, 0.15) is 23.9 Å². The van der Waals surface area contributed by atoms with Gasteiger partial charge in [0.2, 0.25) is 0 Å². The largest absolute Gasteiger partial charge is 0.496 e. The maximum atomic E-state index is 12.9. The van der Waals surface area contributed by atoms with E-state index in [-0.39, 0.29) is 18.1 Å². The number of methoxy groups -OCH3 is 1. The molecule has 2 heterocycles. The highest BCUT2D eigenvalue weighted by atomic mass is 19.4. The topological polar surface area (TPSA) is 90.9 Å². The summed E-state index contributed by atoms with van der Waals surface area (Å²) in [4.78, 5) is 12.4. The quantitative estimate of drug-likeness (QED) is 0.177. The predicted octanol–water partition coefficient (Wildman–Crippen LogP) is 6.16. The number of ether oxygens (including phenoxy) is 2. The first-order valence-corrected chi connectivity index (χ1v) is 12.6. The maximum Gasteiger partial charge on any atom is 0.435 e. The minimum atomic E-state index is -4.54. The van der Waals surface area contributed by atoms with Crippen molar-refractivity contribution in [1.29, 1.82) is 0 Å². The minimum absolute atomic E-state index is 0.0409. The molecule has 2 aromatic heterocycles. The number of hydrazone groups is 1. The lowest BCUT2D eigenvalue weighted by Gasteiger charge is -2.11. The summed E-state index contributed by atoms with van der Waals surface area (Å²) in [6, 6.07) is 17.3. The fourth-order valence-corrected chi connectivity index (χ4v) is 3.92. The number of hydrogen-bond donors (Lipinski definition) is 1. The molecular weight excluding hydrogens is 525 g/mol. The Bertz CT molecular complexity index is 1470. The molecule has 0 aliphatic heterocycles. The molecule has 8 nitrogen and oxygen atoms in total. The molecule has 0 saturated carbocycles. The molecule has 1 N–H and O–H groups in total. The smallest absolute Gasteiger partial charge is 0.435 e. The van der Waals surface area contributed by atoms with Gasteiger partial charge in [-0.15, -0.1) is 0 Å². The van der Waals surface area contributed by atoms with Crippen LogP contribution < -0.4 is 14.9 Å². The molecule has 0 bridgehead atoms. The van der Waals surface area contributed by atoms with Crippen molar-refractivity contribution in [3.63, 3.8) is 0 Å². The summed E-state index contributed by atoms with van der Waals surface area (Å²) in [6.45, 7) is 3.91. The van der Waals surface area contributed by atoms with Crippen molar-refractivity contribution in [2.75, 3.05) is 7.11 Å². The Morgan fingerprint density at radius 3 is 2.58 bits per heavy atom. The van der Waals surface area contributed by atoms with Crippen LogP contribution in [0, 0.1) is 6.92 Å². The van der Waals surface area contributed by atoms with Crippen LogP contribution in [0.25, 0.3) is 0 Å². The van der Waals surface area contributed by atoms with Crippen molar-refractivity contribution in [1.82, 2.24) is 15.2 Å². The van der Waals surface area contributed by atoms with E-state index < -0.39 is 17.8 Å². The molecule has 0 fully saturated rings. The number of furan rings is 1. The number of rotatable bonds is 11. The highest BCUT2D eigenvalue weighted by Gasteiger charge is 2.34. The molecule has 2 aromatic carbocycles. The fourth-order valence-electron chi connectivity index (χ4n) is 3.92. The van der Waals surface area contributed by atoms with Crippen LogP contribution in [0.3, 0.4) is 0 Å². The van der Waals surface area contributed by atoms with Gasteiger partial charge in [-0.3, -0.25) is 9.48 Å². The van der Waals surface area contributed by atoms with E-state index in [2.05, 4.69) is 34.7 Å². The van der Waals surface area contributed by atoms with Crippen LogP contribution in [0.5, 0.6) is 11.5 Å². The van der Waals surface area contributed by atoms with Crippen molar-refractivity contribution in [3.8, 4) is 11.5 Å². The zero-order valence-electron chi connectivity index (χ0n) is 22.3. The molecule has 1 amide bonds. The van der Waals surface area contributed by atoms with Crippen molar-refractivity contribution in [2.24, 2.45) is 5.10 Å². The highest BCUT2D eigenvalue weighted by molar-refractivity contribution is 5.92. The molecule has 0 saturated heterocycles. The van der Waals surface area contributed by atoms with E-state index in [1.807, 2.05) is 24.3 Å². The third-order valence-corrected chi connectivity index (χ3v) is 6.01. The lowest BCUT2D eigenvalue weighted by Crippen LogP contribution is -2.16. The van der Waals surface area contributed by atoms with Gasteiger partial charge >= 0.3 is 12.1 Å². The Morgan fingerprint density at radius 1 is 1.12 bits per heavy atom. The van der Waals surface area contributed by atoms with Gasteiger partial charge in [-0.25, -0.2) is 5.43 Å². The number of benzene rings is 2. The number of nitrogens with one attached hydrogen (secondary N) is 1. The molecule has 0 atom stereocenters. The number of carbonyl (C=O) groups is 1. The summed E-state index contributed by atoms with van der Waals surface area (Å²) >= 11 is 0. The third kappa shape index (κ3) is 7.31. The summed E-state index contributed by atoms with van der Waals surface area (Å²) in [5.41, 5.74) is 4.49. The average Bonchev–Trinajstić information content (AvgIpc) is 3.55. The number of aromatic nitrogens is 2. The SMILES string of the molecule is CCCc1ccc(OCc2ccc(C=NNC(=O)c3ccc(Cn4nc(C(F)(F)F)cc4C)o3)cc2OC)cc1. The Balaban J connectivity index is 1.32. The molecular formula is C29H29F3N4O4. The van der Waals surface area contributed by atoms with Gasteiger partial charge in [0.25, 0.3) is 0 Å². The Morgan fingerprint density at radius 2 is 1.90 bits per heavy atom. The molecule has 11 heteroatoms. The van der Waals surface area contributed by atoms with E-state index in [1.54, 1.807) is 13.2 Å². The monoisotopic (exact) mass is 554 g/mol. The first kappa shape index (κ1) is 28.5. The van der Waals surface area contributed by atoms with Crippen LogP contribution in [0.1, 0.15) is 57.7 Å². The van der Waals surface area contributed by atoms with Crippen LogP contribution in [0.2, 0.25) is 0 Å². The van der Waals surface area contributed by atoms with Gasteiger partial charge in [0.05, 0.1) is 19.9 Å². The Kier molecular flexibility index (Phi) is 8.93. The van der Waals surface area contributed by atoms with Crippen molar-refractivity contribution in [3.05, 3.63) is 100 Å². The predicted molar refractivity (Wildman–Crippen MR) is 143 cm³/mol. The average molecular weight is 555 g/mol. The van der Waals surface area contributed by atoms with Crippen LogP contribution in [-0.4, -0.2) is 29.0 Å². The van der Waals surface area contributed by atoms with E-state index in [0.717, 1.165) is 34.9 Å². The molecule has 0 spiro atoms. The number of alkyl halides is 3. The first-order valence-electron chi connectivity index (χ1n) is 12.6. The summed E-state index contributed by atoms with van der Waals surface area (Å²) in [7, 11) is 1.56. The third-order valence-electron chi connectivity index (χ3n) is 6.01. The number of nitrogens with zero attached hydrogens (tertiary/aromatic N) is 3. The van der Waals surface area contributed by atoms with E-state index >= 15 is 0 Å². The molecule has 4 rings (SSSR count). The Labute approximate surface area is 229 Å². The van der Waals surface area contributed by atoms with Gasteiger partial charge < -0.3 is 13.9 Å². The van der Waals surface area contributed by atoms with Gasteiger partial charge in [-0.2, -0.15) is 23.4 Å². The second-order valence-electron chi connectivity index (χ2n) is 9.05. The number of halogens is 3. The van der Waals surface area contributed by atoms with E-state index in [1.165, 1.54) is 30.8 Å². The standard InChI is InChI=1S/C29H29F3N4O4/c1-4-5-20-7-10-23(11-8-20)39-18-22-9-6-21(15-26(22)38-3)16-33-34-28(37)25-13-12-24(40-25)17-36-19(2)14-27(35-36)29(30,31)32/h6-16H,4-5,17-18H2,1-3H3,(H,34,37). The Hall–Kier alpha value is -4.54. The van der Waals surface area contributed by atoms with Crippen molar-refractivity contribution in [2.45, 2.75) is 46.0 Å². The molecule has 4 aromatic rings. The van der Waals surface area contributed by atoms with Crippen LogP contribution in [-0.2, 0) is 25.7 Å². The van der Waals surface area contributed by atoms with Gasteiger partial charge in [-0.05, 0) is 60.9 Å². The maximum absolute atomic E-state index is 12.9. The zero-order valence-corrected chi connectivity index (χ0v) is 22.3. The van der Waals surface area contributed by atoms with Crippen LogP contribution >= 0.6 is 0 Å². The fraction of sp³-hybridized carbons (Fsp3) is 0.276. The van der Waals surface area contributed by atoms with Crippen molar-refractivity contribution < 1.29 is 31.9 Å².